The summed E-state index contributed by atoms with van der Waals surface area (Å²) in [5.41, 5.74) is 6.28. The van der Waals surface area contributed by atoms with Gasteiger partial charge in [0.1, 0.15) is 21.8 Å². The lowest BCUT2D eigenvalue weighted by Gasteiger charge is -2.50. The topological polar surface area (TPSA) is 180 Å². The number of thiazole rings is 1. The first kappa shape index (κ1) is 27.8. The van der Waals surface area contributed by atoms with E-state index >= 15 is 0 Å². The maximum absolute atomic E-state index is 13.1. The Morgan fingerprint density at radius 2 is 2.23 bits per heavy atom. The molecule has 0 radical (unpaired) electrons. The number of carboxylic acid groups (broad SMARTS) is 1. The molecule has 2 amide bonds. The van der Waals surface area contributed by atoms with Crippen molar-refractivity contribution in [2.45, 2.75) is 53.3 Å². The number of aliphatic carboxylic acids is 1. The van der Waals surface area contributed by atoms with Crippen LogP contribution in [0.2, 0.25) is 4.34 Å². The lowest BCUT2D eigenvalue weighted by molar-refractivity contribution is -0.156. The summed E-state index contributed by atoms with van der Waals surface area (Å²) in [5, 5.41) is 19.3. The maximum atomic E-state index is 13.1. The number of nitrogens with zero attached hydrogens (tertiary/aromatic N) is 4. The smallest absolute Gasteiger partial charge is 0.353 e. The van der Waals surface area contributed by atoms with E-state index in [9.17, 15) is 24.4 Å². The van der Waals surface area contributed by atoms with E-state index in [-0.39, 0.29) is 20.9 Å². The molecule has 4 atom stereocenters. The third kappa shape index (κ3) is 5.63. The number of aromatic nitrogens is 2. The van der Waals surface area contributed by atoms with Crippen LogP contribution < -0.4 is 16.4 Å². The predicted octanol–water partition coefficient (Wildman–Crippen LogP) is 2.75. The van der Waals surface area contributed by atoms with E-state index < -0.39 is 35.9 Å². The van der Waals surface area contributed by atoms with Crippen LogP contribution in [-0.4, -0.2) is 68.2 Å². The van der Waals surface area contributed by atoms with Gasteiger partial charge in [0, 0.05) is 33.5 Å². The van der Waals surface area contributed by atoms with Crippen molar-refractivity contribution in [1.82, 2.24) is 25.5 Å². The number of nitrogens with two attached hydrogens (primary N) is 1. The predicted molar refractivity (Wildman–Crippen MR) is 149 cm³/mol. The Labute approximate surface area is 240 Å². The van der Waals surface area contributed by atoms with Gasteiger partial charge in [-0.15, -0.1) is 4.91 Å². The number of carbonyl (C=O) groups is 3. The van der Waals surface area contributed by atoms with Crippen LogP contribution >= 0.6 is 46.5 Å². The monoisotopic (exact) mass is 609 g/mol. The van der Waals surface area contributed by atoms with Crippen molar-refractivity contribution < 1.29 is 19.5 Å². The summed E-state index contributed by atoms with van der Waals surface area (Å²) in [5.74, 6) is -1.96. The zero-order chi connectivity index (χ0) is 27.7. The number of amides is 2. The molecule has 2 aromatic rings. The Balaban J connectivity index is 1.31. The molecule has 16 heteroatoms. The molecular formula is C23H24ClN7O5S3. The summed E-state index contributed by atoms with van der Waals surface area (Å²) in [6, 6.07) is 0.559. The number of hydrogen-bond acceptors (Lipinski definition) is 12. The molecule has 2 saturated heterocycles. The second kappa shape index (κ2) is 11.8. The fourth-order valence-corrected chi connectivity index (χ4v) is 8.17. The molecule has 206 valence electrons. The molecule has 12 nitrogen and oxygen atoms in total. The van der Waals surface area contributed by atoms with Gasteiger partial charge in [-0.25, -0.2) is 9.78 Å². The van der Waals surface area contributed by atoms with Gasteiger partial charge in [0.15, 0.2) is 5.13 Å². The van der Waals surface area contributed by atoms with Gasteiger partial charge in [-0.2, -0.15) is 11.8 Å². The first-order valence-electron chi connectivity index (χ1n) is 12.1. The van der Waals surface area contributed by atoms with Crippen molar-refractivity contribution in [2.75, 3.05) is 18.8 Å². The van der Waals surface area contributed by atoms with Crippen molar-refractivity contribution in [3.8, 4) is 0 Å². The molecule has 3 aliphatic rings. The number of pyridine rings is 1. The van der Waals surface area contributed by atoms with E-state index in [1.807, 2.05) is 17.8 Å². The number of β-lactam (4-membered cyclic amide) rings is 1. The molecule has 2 aromatic heterocycles. The third-order valence-corrected chi connectivity index (χ3v) is 10.3. The van der Waals surface area contributed by atoms with Gasteiger partial charge in [-0.1, -0.05) is 34.7 Å². The lowest BCUT2D eigenvalue weighted by Crippen LogP contribution is -2.71. The van der Waals surface area contributed by atoms with Crippen molar-refractivity contribution >= 4 is 69.4 Å². The Morgan fingerprint density at radius 3 is 2.90 bits per heavy atom. The van der Waals surface area contributed by atoms with Gasteiger partial charge in [0.25, 0.3) is 11.8 Å². The fourth-order valence-electron chi connectivity index (χ4n) is 4.80. The molecule has 3 aliphatic heterocycles. The number of thioether (sulfide) groups is 2. The Morgan fingerprint density at radius 1 is 1.41 bits per heavy atom. The average Bonchev–Trinajstić information content (AvgIpc) is 3.55. The molecule has 5 rings (SSSR count). The van der Waals surface area contributed by atoms with Crippen LogP contribution in [0.4, 0.5) is 5.13 Å². The number of allylic oxidation sites excluding steroid dienone is 1. The quantitative estimate of drug-likeness (QED) is 0.230. The van der Waals surface area contributed by atoms with Gasteiger partial charge in [0.2, 0.25) is 6.04 Å². The highest BCUT2D eigenvalue weighted by atomic mass is 35.5. The standard InChI is InChI=1S/C23H24ClN7O5S3/c24-19-16(29-23(25)39-19)17(30-36)20(32)28-15-12-3-4-14(18(22(34)35)31(12)21(15)33)38-13-2-1-6-27-11(13)9-37-10-5-7-26-8-10/h1-2,6,10,12,15,17,26H,3-5,7-9H2,(H2,25,29)(H,28,32)(H,34,35)/t10?,12?,15-,17?/m0/s1. The normalized spacial score (nSPS) is 23.3. The number of hydrogen-bond donors (Lipinski definition) is 4. The van der Waals surface area contributed by atoms with Crippen molar-refractivity contribution in [2.24, 2.45) is 5.18 Å². The number of anilines is 1. The van der Waals surface area contributed by atoms with Crippen LogP contribution in [0.15, 0.2) is 39.0 Å². The largest absolute Gasteiger partial charge is 0.477 e. The first-order chi connectivity index (χ1) is 18.8. The minimum atomic E-state index is -1.58. The Hall–Kier alpha value is -2.72. The number of nitroso groups, excluding NO2 is 1. The molecule has 0 spiro atoms. The summed E-state index contributed by atoms with van der Waals surface area (Å²) in [4.78, 5) is 60.7. The minimum Gasteiger partial charge on any atom is -0.477 e. The van der Waals surface area contributed by atoms with Gasteiger partial charge in [-0.3, -0.25) is 19.5 Å². The van der Waals surface area contributed by atoms with Crippen LogP contribution in [0.3, 0.4) is 0 Å². The number of carboxylic acids is 1. The molecule has 5 N–H and O–H groups in total. The molecular weight excluding hydrogens is 586 g/mol. The van der Waals surface area contributed by atoms with Gasteiger partial charge < -0.3 is 21.5 Å². The van der Waals surface area contributed by atoms with Gasteiger partial charge >= 0.3 is 5.97 Å². The molecule has 0 bridgehead atoms. The molecule has 0 saturated carbocycles. The summed E-state index contributed by atoms with van der Waals surface area (Å²) < 4.78 is 0.0531. The zero-order valence-corrected chi connectivity index (χ0v) is 23.5. The zero-order valence-electron chi connectivity index (χ0n) is 20.3. The summed E-state index contributed by atoms with van der Waals surface area (Å²) in [7, 11) is 0. The van der Waals surface area contributed by atoms with Crippen LogP contribution in [0, 0.1) is 4.91 Å². The number of fused-ring (bicyclic) bond motifs is 1. The summed E-state index contributed by atoms with van der Waals surface area (Å²) in [6.07, 6.45) is 3.64. The second-order valence-electron chi connectivity index (χ2n) is 9.07. The SMILES string of the molecule is Nc1nc(C(N=O)C(=O)N[C@@H]2C(=O)N3C(C(=O)O)=C(Sc4cccnc4CSC4CCNC4)CCC23)c(Cl)s1. The Bertz CT molecular complexity index is 1350. The van der Waals surface area contributed by atoms with E-state index in [0.717, 1.165) is 41.4 Å². The van der Waals surface area contributed by atoms with E-state index in [1.54, 1.807) is 12.3 Å². The van der Waals surface area contributed by atoms with Crippen molar-refractivity contribution in [3.63, 3.8) is 0 Å². The number of carbonyl (C=O) groups excluding carboxylic acids is 2. The number of nitrogen functional groups attached to an aromatic ring is 1. The minimum absolute atomic E-state index is 0.0531. The number of nitrogens with one attached hydrogen (secondary N) is 2. The average molecular weight is 610 g/mol. The van der Waals surface area contributed by atoms with Crippen LogP contribution in [0.1, 0.15) is 36.7 Å². The Kier molecular flexibility index (Phi) is 8.42. The van der Waals surface area contributed by atoms with Crippen molar-refractivity contribution in [1.29, 1.82) is 0 Å². The highest BCUT2D eigenvalue weighted by Gasteiger charge is 2.54. The molecule has 3 unspecified atom stereocenters. The molecule has 0 aromatic carbocycles. The van der Waals surface area contributed by atoms with Gasteiger partial charge in [0.05, 0.1) is 11.7 Å². The highest BCUT2D eigenvalue weighted by Crippen LogP contribution is 2.44. The molecule has 2 fully saturated rings. The van der Waals surface area contributed by atoms with Crippen LogP contribution in [-0.2, 0) is 20.1 Å². The highest BCUT2D eigenvalue weighted by molar-refractivity contribution is 8.03. The second-order valence-corrected chi connectivity index (χ2v) is 13.1. The van der Waals surface area contributed by atoms with Crippen LogP contribution in [0.5, 0.6) is 0 Å². The number of halogens is 1. The molecule has 5 heterocycles. The van der Waals surface area contributed by atoms with E-state index in [1.165, 1.54) is 16.7 Å². The molecule has 39 heavy (non-hydrogen) atoms. The third-order valence-electron chi connectivity index (χ3n) is 6.68. The van der Waals surface area contributed by atoms with Crippen molar-refractivity contribution in [3.05, 3.63) is 49.6 Å². The number of rotatable bonds is 10. The lowest BCUT2D eigenvalue weighted by atomic mass is 9.86. The first-order valence-corrected chi connectivity index (χ1v) is 15.1. The summed E-state index contributed by atoms with van der Waals surface area (Å²) >= 11 is 10.1. The fraction of sp³-hybridized carbons (Fsp3) is 0.435. The maximum Gasteiger partial charge on any atom is 0.353 e. The van der Waals surface area contributed by atoms with E-state index in [4.69, 9.17) is 17.3 Å². The van der Waals surface area contributed by atoms with Crippen LogP contribution in [0.25, 0.3) is 0 Å². The van der Waals surface area contributed by atoms with E-state index in [2.05, 4.69) is 25.8 Å². The van der Waals surface area contributed by atoms with Gasteiger partial charge in [-0.05, 0) is 43.1 Å². The summed E-state index contributed by atoms with van der Waals surface area (Å²) in [6.45, 7) is 1.96. The molecule has 0 aliphatic carbocycles. The van der Waals surface area contributed by atoms with E-state index in [0.29, 0.717) is 28.7 Å².